The molecule has 0 spiro atoms. The summed E-state index contributed by atoms with van der Waals surface area (Å²) in [5.74, 6) is 0. The van der Waals surface area contributed by atoms with Crippen molar-refractivity contribution < 1.29 is 20.4 Å². The highest BCUT2D eigenvalue weighted by atomic mass is 16.4. The van der Waals surface area contributed by atoms with E-state index >= 15 is 0 Å². The van der Waals surface area contributed by atoms with Crippen LogP contribution >= 0.6 is 0 Å². The molecule has 0 aromatic carbocycles. The summed E-state index contributed by atoms with van der Waals surface area (Å²) in [4.78, 5) is 40.6. The summed E-state index contributed by atoms with van der Waals surface area (Å²) in [7, 11) is 0. The van der Waals surface area contributed by atoms with Gasteiger partial charge in [0.1, 0.15) is 24.0 Å². The fraction of sp³-hybridized carbons (Fsp3) is 0.643. The summed E-state index contributed by atoms with van der Waals surface area (Å²) < 4.78 is 2.15. The first-order chi connectivity index (χ1) is 11.8. The molecule has 2 aromatic rings. The smallest absolute Gasteiger partial charge is 0.330 e. The number of aliphatic hydroxyl groups excluding tert-OH is 4. The standard InChI is InChI=1S/C14H22N4O7/c1-2-3-4-17-9-11(15-13(24)16-12(9)23)18(14(17)25)5-7(20)10(22)8(21)6-19/h7-8,10,19-22H,2-6H2,1H3,(H2,15,16,23,24)/t7-,8+,10+/m0/s1. The van der Waals surface area contributed by atoms with E-state index in [1.54, 1.807) is 0 Å². The zero-order valence-corrected chi connectivity index (χ0v) is 13.7. The third-order valence-corrected chi connectivity index (χ3v) is 3.98. The molecular formula is C14H22N4O7. The van der Waals surface area contributed by atoms with E-state index in [9.17, 15) is 29.7 Å². The molecule has 0 aliphatic rings. The van der Waals surface area contributed by atoms with Gasteiger partial charge < -0.3 is 20.4 Å². The number of hydrogen-bond acceptors (Lipinski definition) is 7. The van der Waals surface area contributed by atoms with Crippen LogP contribution in [0.15, 0.2) is 14.4 Å². The van der Waals surface area contributed by atoms with Crippen LogP contribution in [0.2, 0.25) is 0 Å². The van der Waals surface area contributed by atoms with E-state index in [1.807, 2.05) is 11.9 Å². The Bertz CT molecular complexity index is 893. The van der Waals surface area contributed by atoms with Crippen LogP contribution in [0.1, 0.15) is 19.8 Å². The quantitative estimate of drug-likeness (QED) is 0.292. The molecule has 0 aliphatic heterocycles. The first kappa shape index (κ1) is 19.1. The Morgan fingerprint density at radius 1 is 1.04 bits per heavy atom. The number of aryl methyl sites for hydroxylation is 1. The van der Waals surface area contributed by atoms with E-state index in [-0.39, 0.29) is 17.7 Å². The molecule has 2 aromatic heterocycles. The van der Waals surface area contributed by atoms with Crippen LogP contribution in [0.3, 0.4) is 0 Å². The Morgan fingerprint density at radius 3 is 2.32 bits per heavy atom. The molecule has 3 atom stereocenters. The summed E-state index contributed by atoms with van der Waals surface area (Å²) >= 11 is 0. The first-order valence-corrected chi connectivity index (χ1v) is 7.92. The van der Waals surface area contributed by atoms with Gasteiger partial charge >= 0.3 is 11.4 Å². The van der Waals surface area contributed by atoms with Crippen LogP contribution in [-0.4, -0.2) is 64.4 Å². The molecule has 0 unspecified atom stereocenters. The van der Waals surface area contributed by atoms with Crippen LogP contribution in [0, 0.1) is 0 Å². The number of aromatic nitrogens is 4. The van der Waals surface area contributed by atoms with Crippen LogP contribution in [-0.2, 0) is 13.1 Å². The minimum Gasteiger partial charge on any atom is -0.394 e. The zero-order chi connectivity index (χ0) is 18.7. The van der Waals surface area contributed by atoms with E-state index in [1.165, 1.54) is 4.57 Å². The molecule has 0 amide bonds. The average Bonchev–Trinajstić information content (AvgIpc) is 2.83. The topological polar surface area (TPSA) is 174 Å². The zero-order valence-electron chi connectivity index (χ0n) is 13.7. The second-order valence-electron chi connectivity index (χ2n) is 5.81. The Labute approximate surface area is 140 Å². The van der Waals surface area contributed by atoms with E-state index in [0.717, 1.165) is 11.0 Å². The molecule has 0 saturated carbocycles. The molecule has 0 saturated heterocycles. The maximum Gasteiger partial charge on any atom is 0.330 e. The molecule has 2 rings (SSSR count). The summed E-state index contributed by atoms with van der Waals surface area (Å²) in [5, 5.41) is 38.0. The SMILES string of the molecule is CCCCn1c(=O)n(C[C@H](O)[C@@H](O)[C@H](O)CO)c2[nH]c(=O)[nH]c(=O)c21. The Kier molecular flexibility index (Phi) is 5.95. The van der Waals surface area contributed by atoms with E-state index in [0.29, 0.717) is 6.42 Å². The van der Waals surface area contributed by atoms with Crippen molar-refractivity contribution >= 4 is 11.2 Å². The van der Waals surface area contributed by atoms with Crippen molar-refractivity contribution in [2.75, 3.05) is 6.61 Å². The molecule has 11 heteroatoms. The molecule has 140 valence electrons. The number of H-pyrrole nitrogens is 2. The second kappa shape index (κ2) is 7.78. The van der Waals surface area contributed by atoms with E-state index in [4.69, 9.17) is 5.11 Å². The Morgan fingerprint density at radius 2 is 1.72 bits per heavy atom. The van der Waals surface area contributed by atoms with Gasteiger partial charge in [-0.2, -0.15) is 0 Å². The predicted molar refractivity (Wildman–Crippen MR) is 87.5 cm³/mol. The minimum atomic E-state index is -1.71. The van der Waals surface area contributed by atoms with Gasteiger partial charge in [-0.1, -0.05) is 13.3 Å². The van der Waals surface area contributed by atoms with E-state index < -0.39 is 48.4 Å². The summed E-state index contributed by atoms with van der Waals surface area (Å²) in [6.07, 6.45) is -3.52. The molecular weight excluding hydrogens is 336 g/mol. The molecule has 0 aliphatic carbocycles. The second-order valence-corrected chi connectivity index (χ2v) is 5.81. The monoisotopic (exact) mass is 358 g/mol. The minimum absolute atomic E-state index is 0.0394. The number of hydrogen-bond donors (Lipinski definition) is 6. The van der Waals surface area contributed by atoms with Crippen LogP contribution < -0.4 is 16.9 Å². The van der Waals surface area contributed by atoms with Crippen LogP contribution in [0.4, 0.5) is 0 Å². The number of fused-ring (bicyclic) bond motifs is 1. The number of aliphatic hydroxyl groups is 4. The van der Waals surface area contributed by atoms with Gasteiger partial charge in [-0.3, -0.25) is 23.9 Å². The molecule has 0 radical (unpaired) electrons. The van der Waals surface area contributed by atoms with Gasteiger partial charge in [-0.05, 0) is 6.42 Å². The molecule has 6 N–H and O–H groups in total. The largest absolute Gasteiger partial charge is 0.394 e. The van der Waals surface area contributed by atoms with Gasteiger partial charge in [-0.25, -0.2) is 9.59 Å². The van der Waals surface area contributed by atoms with Crippen molar-refractivity contribution in [1.82, 2.24) is 19.1 Å². The van der Waals surface area contributed by atoms with Gasteiger partial charge in [-0.15, -0.1) is 0 Å². The number of imidazole rings is 1. The van der Waals surface area contributed by atoms with Crippen LogP contribution in [0.5, 0.6) is 0 Å². The number of rotatable bonds is 8. The summed E-state index contributed by atoms with van der Waals surface area (Å²) in [5.41, 5.74) is -2.32. The number of nitrogens with one attached hydrogen (secondary N) is 2. The van der Waals surface area contributed by atoms with Gasteiger partial charge in [0.05, 0.1) is 13.2 Å². The van der Waals surface area contributed by atoms with Gasteiger partial charge in [0.15, 0.2) is 5.52 Å². The highest BCUT2D eigenvalue weighted by Gasteiger charge is 2.27. The molecule has 2 heterocycles. The highest BCUT2D eigenvalue weighted by molar-refractivity contribution is 5.69. The molecule has 0 bridgehead atoms. The van der Waals surface area contributed by atoms with Crippen molar-refractivity contribution in [1.29, 1.82) is 0 Å². The van der Waals surface area contributed by atoms with Crippen molar-refractivity contribution in [2.45, 2.75) is 51.2 Å². The lowest BCUT2D eigenvalue weighted by molar-refractivity contribution is -0.0806. The molecule has 0 fully saturated rings. The van der Waals surface area contributed by atoms with Crippen molar-refractivity contribution in [2.24, 2.45) is 0 Å². The highest BCUT2D eigenvalue weighted by Crippen LogP contribution is 2.09. The van der Waals surface area contributed by atoms with E-state index in [2.05, 4.69) is 4.98 Å². The number of unbranched alkanes of at least 4 members (excludes halogenated alkanes) is 1. The lowest BCUT2D eigenvalue weighted by Gasteiger charge is -2.21. The number of aromatic amines is 2. The van der Waals surface area contributed by atoms with Crippen LogP contribution in [0.25, 0.3) is 11.2 Å². The van der Waals surface area contributed by atoms with Crippen molar-refractivity contribution in [3.63, 3.8) is 0 Å². The fourth-order valence-corrected chi connectivity index (χ4v) is 2.60. The predicted octanol–water partition coefficient (Wildman–Crippen LogP) is -2.95. The first-order valence-electron chi connectivity index (χ1n) is 7.92. The lowest BCUT2D eigenvalue weighted by atomic mass is 10.1. The summed E-state index contributed by atoms with van der Waals surface area (Å²) in [6, 6.07) is 0. The lowest BCUT2D eigenvalue weighted by Crippen LogP contribution is -2.43. The van der Waals surface area contributed by atoms with Crippen molar-refractivity contribution in [3.8, 4) is 0 Å². The van der Waals surface area contributed by atoms with Crippen molar-refractivity contribution in [3.05, 3.63) is 31.3 Å². The molecule has 25 heavy (non-hydrogen) atoms. The molecule has 11 nitrogen and oxygen atoms in total. The fourth-order valence-electron chi connectivity index (χ4n) is 2.60. The van der Waals surface area contributed by atoms with Gasteiger partial charge in [0.25, 0.3) is 5.56 Å². The third kappa shape index (κ3) is 3.74. The maximum absolute atomic E-state index is 12.6. The third-order valence-electron chi connectivity index (χ3n) is 3.98. The maximum atomic E-state index is 12.6. The summed E-state index contributed by atoms with van der Waals surface area (Å²) in [6.45, 7) is 0.895. The average molecular weight is 358 g/mol. The Balaban J connectivity index is 2.56. The van der Waals surface area contributed by atoms with Gasteiger partial charge in [0, 0.05) is 6.54 Å². The Hall–Kier alpha value is -2.21. The number of nitrogens with zero attached hydrogens (tertiary/aromatic N) is 2. The van der Waals surface area contributed by atoms with Gasteiger partial charge in [0.2, 0.25) is 0 Å². The normalized spacial score (nSPS) is 15.4.